The van der Waals surface area contributed by atoms with Gasteiger partial charge in [0, 0.05) is 6.54 Å². The Bertz CT molecular complexity index is 655. The number of amides is 1. The summed E-state index contributed by atoms with van der Waals surface area (Å²) in [5.74, 6) is 0.585. The Kier molecular flexibility index (Phi) is 3.52. The molecule has 3 rings (SSSR count). The Morgan fingerprint density at radius 3 is 2.67 bits per heavy atom. The molecule has 0 saturated carbocycles. The number of hydrogen-bond acceptors (Lipinski definition) is 3. The second kappa shape index (κ2) is 5.48. The number of para-hydroxylation sites is 1. The Labute approximate surface area is 124 Å². The van der Waals surface area contributed by atoms with E-state index in [2.05, 4.69) is 12.1 Å². The van der Waals surface area contributed by atoms with E-state index in [-0.39, 0.29) is 5.91 Å². The number of benzene rings is 2. The van der Waals surface area contributed by atoms with E-state index in [1.54, 1.807) is 17.9 Å². The fraction of sp³-hybridized carbons (Fsp3) is 0.235. The molecule has 1 atom stereocenters. The average Bonchev–Trinajstić information content (AvgIpc) is 2.50. The molecule has 0 aromatic heterocycles. The SMILES string of the molecule is CC1Oc2c(N)cccc2N(CCc2ccccc2)C1=O. The first kappa shape index (κ1) is 13.5. The first-order chi connectivity index (χ1) is 10.2. The van der Waals surface area contributed by atoms with Crippen LogP contribution < -0.4 is 15.4 Å². The van der Waals surface area contributed by atoms with E-state index in [0.717, 1.165) is 12.1 Å². The summed E-state index contributed by atoms with van der Waals surface area (Å²) in [6.07, 6.45) is 0.297. The Hall–Kier alpha value is -2.49. The van der Waals surface area contributed by atoms with Crippen molar-refractivity contribution < 1.29 is 9.53 Å². The fourth-order valence-corrected chi connectivity index (χ4v) is 2.56. The number of fused-ring (bicyclic) bond motifs is 1. The maximum atomic E-state index is 12.4. The molecule has 21 heavy (non-hydrogen) atoms. The smallest absolute Gasteiger partial charge is 0.267 e. The van der Waals surface area contributed by atoms with Crippen LogP contribution in [0.2, 0.25) is 0 Å². The maximum Gasteiger partial charge on any atom is 0.267 e. The van der Waals surface area contributed by atoms with Crippen LogP contribution in [0, 0.1) is 0 Å². The van der Waals surface area contributed by atoms with Gasteiger partial charge in [-0.3, -0.25) is 4.79 Å². The largest absolute Gasteiger partial charge is 0.477 e. The highest BCUT2D eigenvalue weighted by Gasteiger charge is 2.32. The monoisotopic (exact) mass is 282 g/mol. The van der Waals surface area contributed by atoms with Crippen molar-refractivity contribution in [2.24, 2.45) is 0 Å². The van der Waals surface area contributed by atoms with E-state index >= 15 is 0 Å². The quantitative estimate of drug-likeness (QED) is 0.880. The molecule has 2 aromatic rings. The summed E-state index contributed by atoms with van der Waals surface area (Å²) in [6.45, 7) is 2.38. The van der Waals surface area contributed by atoms with Gasteiger partial charge in [-0.2, -0.15) is 0 Å². The molecule has 0 saturated heterocycles. The molecule has 1 aliphatic heterocycles. The zero-order valence-corrected chi connectivity index (χ0v) is 12.0. The van der Waals surface area contributed by atoms with Gasteiger partial charge < -0.3 is 15.4 Å². The van der Waals surface area contributed by atoms with Gasteiger partial charge in [-0.05, 0) is 31.0 Å². The number of nitrogens with zero attached hydrogens (tertiary/aromatic N) is 1. The van der Waals surface area contributed by atoms with Gasteiger partial charge in [-0.25, -0.2) is 0 Å². The minimum absolute atomic E-state index is 0.0240. The van der Waals surface area contributed by atoms with Crippen LogP contribution in [-0.4, -0.2) is 18.6 Å². The standard InChI is InChI=1S/C17H18N2O2/c1-12-17(20)19(11-10-13-6-3-2-4-7-13)15-9-5-8-14(18)16(15)21-12/h2-9,12H,10-11,18H2,1H3. The molecule has 2 aromatic carbocycles. The number of carbonyl (C=O) groups excluding carboxylic acids is 1. The predicted molar refractivity (Wildman–Crippen MR) is 83.4 cm³/mol. The second-order valence-electron chi connectivity index (χ2n) is 5.18. The molecule has 1 heterocycles. The van der Waals surface area contributed by atoms with E-state index in [1.165, 1.54) is 5.56 Å². The van der Waals surface area contributed by atoms with Gasteiger partial charge >= 0.3 is 0 Å². The highest BCUT2D eigenvalue weighted by Crippen LogP contribution is 2.38. The third kappa shape index (κ3) is 2.57. The minimum atomic E-state index is -0.502. The Morgan fingerprint density at radius 1 is 1.14 bits per heavy atom. The van der Waals surface area contributed by atoms with Crippen molar-refractivity contribution >= 4 is 17.3 Å². The number of anilines is 2. The van der Waals surface area contributed by atoms with Crippen LogP contribution in [0.25, 0.3) is 0 Å². The van der Waals surface area contributed by atoms with E-state index in [0.29, 0.717) is 18.0 Å². The third-order valence-corrected chi connectivity index (χ3v) is 3.69. The Morgan fingerprint density at radius 2 is 1.90 bits per heavy atom. The highest BCUT2D eigenvalue weighted by molar-refractivity contribution is 6.01. The number of nitrogens with two attached hydrogens (primary N) is 1. The van der Waals surface area contributed by atoms with Gasteiger partial charge in [0.25, 0.3) is 5.91 Å². The molecule has 0 spiro atoms. The number of carbonyl (C=O) groups is 1. The zero-order chi connectivity index (χ0) is 14.8. The van der Waals surface area contributed by atoms with Crippen molar-refractivity contribution in [2.75, 3.05) is 17.2 Å². The fourth-order valence-electron chi connectivity index (χ4n) is 2.56. The highest BCUT2D eigenvalue weighted by atomic mass is 16.5. The average molecular weight is 282 g/mol. The van der Waals surface area contributed by atoms with Crippen molar-refractivity contribution in [3.05, 3.63) is 54.1 Å². The summed E-state index contributed by atoms with van der Waals surface area (Å²) >= 11 is 0. The predicted octanol–water partition coefficient (Wildman–Crippen LogP) is 2.63. The van der Waals surface area contributed by atoms with E-state index < -0.39 is 6.10 Å². The van der Waals surface area contributed by atoms with Gasteiger partial charge in [0.2, 0.25) is 0 Å². The summed E-state index contributed by atoms with van der Waals surface area (Å²) in [4.78, 5) is 14.2. The molecule has 4 nitrogen and oxygen atoms in total. The summed E-state index contributed by atoms with van der Waals surface area (Å²) in [5, 5.41) is 0. The molecule has 0 aliphatic carbocycles. The van der Waals surface area contributed by atoms with Crippen molar-refractivity contribution in [1.29, 1.82) is 0 Å². The van der Waals surface area contributed by atoms with Crippen LogP contribution in [0.3, 0.4) is 0 Å². The first-order valence-electron chi connectivity index (χ1n) is 7.07. The van der Waals surface area contributed by atoms with Crippen LogP contribution in [0.5, 0.6) is 5.75 Å². The molecular weight excluding hydrogens is 264 g/mol. The zero-order valence-electron chi connectivity index (χ0n) is 12.0. The molecule has 0 fully saturated rings. The number of rotatable bonds is 3. The van der Waals surface area contributed by atoms with Crippen LogP contribution in [0.15, 0.2) is 48.5 Å². The lowest BCUT2D eigenvalue weighted by atomic mass is 10.1. The molecule has 1 unspecified atom stereocenters. The Balaban J connectivity index is 1.87. The normalized spacial score (nSPS) is 17.3. The number of nitrogen functional groups attached to an aromatic ring is 1. The van der Waals surface area contributed by atoms with Crippen LogP contribution in [-0.2, 0) is 11.2 Å². The molecular formula is C17H18N2O2. The van der Waals surface area contributed by atoms with Crippen molar-refractivity contribution in [3.8, 4) is 5.75 Å². The van der Waals surface area contributed by atoms with Crippen molar-refractivity contribution in [1.82, 2.24) is 0 Å². The molecule has 1 aliphatic rings. The van der Waals surface area contributed by atoms with E-state index in [4.69, 9.17) is 10.5 Å². The number of hydrogen-bond donors (Lipinski definition) is 1. The summed E-state index contributed by atoms with van der Waals surface area (Å²) in [5.41, 5.74) is 8.48. The van der Waals surface area contributed by atoms with Gasteiger partial charge in [-0.1, -0.05) is 36.4 Å². The minimum Gasteiger partial charge on any atom is -0.477 e. The molecule has 0 bridgehead atoms. The first-order valence-corrected chi connectivity index (χ1v) is 7.07. The van der Waals surface area contributed by atoms with Gasteiger partial charge in [0.05, 0.1) is 11.4 Å². The lowest BCUT2D eigenvalue weighted by Crippen LogP contribution is -2.45. The van der Waals surface area contributed by atoms with Gasteiger partial charge in [-0.15, -0.1) is 0 Å². The maximum absolute atomic E-state index is 12.4. The molecule has 108 valence electrons. The van der Waals surface area contributed by atoms with E-state index in [9.17, 15) is 4.79 Å². The van der Waals surface area contributed by atoms with Crippen molar-refractivity contribution in [2.45, 2.75) is 19.4 Å². The van der Waals surface area contributed by atoms with Crippen molar-refractivity contribution in [3.63, 3.8) is 0 Å². The number of ether oxygens (including phenoxy) is 1. The van der Waals surface area contributed by atoms with E-state index in [1.807, 2.05) is 30.3 Å². The molecule has 4 heteroatoms. The summed E-state index contributed by atoms with van der Waals surface area (Å²) in [6, 6.07) is 15.6. The lowest BCUT2D eigenvalue weighted by molar-refractivity contribution is -0.125. The van der Waals surface area contributed by atoms with Crippen LogP contribution in [0.4, 0.5) is 11.4 Å². The molecule has 1 amide bonds. The lowest BCUT2D eigenvalue weighted by Gasteiger charge is -2.33. The topological polar surface area (TPSA) is 55.6 Å². The molecule has 0 radical (unpaired) electrons. The third-order valence-electron chi connectivity index (χ3n) is 3.69. The van der Waals surface area contributed by atoms with Crippen LogP contribution >= 0.6 is 0 Å². The summed E-state index contributed by atoms with van der Waals surface area (Å²) < 4.78 is 5.64. The second-order valence-corrected chi connectivity index (χ2v) is 5.18. The molecule has 2 N–H and O–H groups in total. The van der Waals surface area contributed by atoms with Gasteiger partial charge in [0.1, 0.15) is 0 Å². The van der Waals surface area contributed by atoms with Gasteiger partial charge in [0.15, 0.2) is 11.9 Å². The summed E-state index contributed by atoms with van der Waals surface area (Å²) in [7, 11) is 0. The van der Waals surface area contributed by atoms with Crippen LogP contribution in [0.1, 0.15) is 12.5 Å².